The number of hydrogen-bond acceptors (Lipinski definition) is 3. The summed E-state index contributed by atoms with van der Waals surface area (Å²) < 4.78 is 71.8. The van der Waals surface area contributed by atoms with Gasteiger partial charge in [-0.2, -0.15) is 31.3 Å². The highest BCUT2D eigenvalue weighted by Gasteiger charge is 2.71. The first-order valence-corrected chi connectivity index (χ1v) is 2.96. The Kier molecular flexibility index (Phi) is 3.31. The first-order valence-electron chi connectivity index (χ1n) is 2.96. The molecule has 0 aliphatic rings. The molecule has 9 heteroatoms. The first-order chi connectivity index (χ1) is 6.06. The third-order valence-corrected chi connectivity index (χ3v) is 1.18. The van der Waals surface area contributed by atoms with Crippen LogP contribution in [0.1, 0.15) is 0 Å². The number of carbonyl (C=O) groups excluding carboxylic acids is 1. The van der Waals surface area contributed by atoms with Crippen LogP contribution in [-0.4, -0.2) is 35.7 Å². The van der Waals surface area contributed by atoms with Crippen molar-refractivity contribution in [2.75, 3.05) is 6.54 Å². The molecule has 0 saturated carbocycles. The van der Waals surface area contributed by atoms with Crippen molar-refractivity contribution >= 4 is 6.08 Å². The summed E-state index contributed by atoms with van der Waals surface area (Å²) in [5.41, 5.74) is 0. The minimum atomic E-state index is -6.00. The largest absolute Gasteiger partial charge is 0.423 e. The summed E-state index contributed by atoms with van der Waals surface area (Å²) in [5.74, 6) is -11.3. The average Bonchev–Trinajstić information content (AvgIpc) is 1.98. The van der Waals surface area contributed by atoms with Gasteiger partial charge in [-0.25, -0.2) is 4.79 Å². The van der Waals surface area contributed by atoms with Crippen molar-refractivity contribution in [3.63, 3.8) is 0 Å². The molecule has 0 spiro atoms. The van der Waals surface area contributed by atoms with Crippen LogP contribution >= 0.6 is 0 Å². The lowest BCUT2D eigenvalue weighted by Gasteiger charge is -2.27. The normalized spacial score (nSPS) is 13.6. The molecule has 0 rings (SSSR count). The van der Waals surface area contributed by atoms with Crippen molar-refractivity contribution in [1.82, 2.24) is 0 Å². The quantitative estimate of drug-likeness (QED) is 0.442. The lowest BCUT2D eigenvalue weighted by molar-refractivity contribution is -0.381. The van der Waals surface area contributed by atoms with Gasteiger partial charge in [0.2, 0.25) is 6.08 Å². The Morgan fingerprint density at radius 3 is 1.86 bits per heavy atom. The van der Waals surface area contributed by atoms with Crippen LogP contribution < -0.4 is 0 Å². The molecule has 0 fully saturated rings. The molecule has 0 amide bonds. The molecule has 0 aliphatic carbocycles. The number of alkyl halides is 6. The van der Waals surface area contributed by atoms with E-state index in [4.69, 9.17) is 5.11 Å². The predicted octanol–water partition coefficient (Wildman–Crippen LogP) is 1.18. The first kappa shape index (κ1) is 12.9. The molecule has 0 saturated heterocycles. The zero-order valence-corrected chi connectivity index (χ0v) is 6.28. The van der Waals surface area contributed by atoms with E-state index in [0.29, 0.717) is 6.08 Å². The number of aliphatic hydroxyl groups is 1. The maximum atomic E-state index is 12.2. The Bertz CT molecular complexity index is 253. The number of halogens is 6. The highest BCUT2D eigenvalue weighted by molar-refractivity contribution is 5.33. The fourth-order valence-electron chi connectivity index (χ4n) is 0.451. The summed E-state index contributed by atoms with van der Waals surface area (Å²) in [7, 11) is 0. The molecule has 82 valence electrons. The summed E-state index contributed by atoms with van der Waals surface area (Å²) in [6.45, 7) is -2.18. The molecular weight excluding hydrogens is 220 g/mol. The van der Waals surface area contributed by atoms with Crippen LogP contribution in [0.4, 0.5) is 26.3 Å². The van der Waals surface area contributed by atoms with Gasteiger partial charge >= 0.3 is 18.0 Å². The second-order valence-corrected chi connectivity index (χ2v) is 2.23. The van der Waals surface area contributed by atoms with E-state index in [0.717, 1.165) is 0 Å². The van der Waals surface area contributed by atoms with E-state index in [1.54, 1.807) is 0 Å². The average molecular weight is 223 g/mol. The molecule has 0 aromatic rings. The van der Waals surface area contributed by atoms with Crippen LogP contribution in [0.25, 0.3) is 0 Å². The Morgan fingerprint density at radius 2 is 1.57 bits per heavy atom. The van der Waals surface area contributed by atoms with Gasteiger partial charge in [-0.15, -0.1) is 0 Å². The molecule has 0 atom stereocenters. The van der Waals surface area contributed by atoms with E-state index in [9.17, 15) is 31.1 Å². The molecule has 0 radical (unpaired) electrons. The molecule has 0 heterocycles. The fourth-order valence-corrected chi connectivity index (χ4v) is 0.451. The number of isocyanates is 1. The SMILES string of the molecule is O=C=NCC(F)(F)C(F)(F)C(O)(F)F. The minimum Gasteiger partial charge on any atom is -0.331 e. The molecular formula is C5H3F6NO2. The lowest BCUT2D eigenvalue weighted by Crippen LogP contribution is -2.55. The maximum absolute atomic E-state index is 12.2. The van der Waals surface area contributed by atoms with Crippen molar-refractivity contribution in [2.45, 2.75) is 18.0 Å². The third-order valence-electron chi connectivity index (χ3n) is 1.18. The van der Waals surface area contributed by atoms with Crippen LogP contribution in [0.15, 0.2) is 4.99 Å². The lowest BCUT2D eigenvalue weighted by atomic mass is 10.1. The van der Waals surface area contributed by atoms with Gasteiger partial charge in [0.15, 0.2) is 0 Å². The summed E-state index contributed by atoms with van der Waals surface area (Å²) in [5, 5.41) is 7.48. The second kappa shape index (κ2) is 3.58. The van der Waals surface area contributed by atoms with E-state index < -0.39 is 24.5 Å². The smallest absolute Gasteiger partial charge is 0.331 e. The van der Waals surface area contributed by atoms with Crippen LogP contribution in [0.2, 0.25) is 0 Å². The molecule has 14 heavy (non-hydrogen) atoms. The fraction of sp³-hybridized carbons (Fsp3) is 0.800. The zero-order valence-electron chi connectivity index (χ0n) is 6.28. The number of rotatable bonds is 4. The minimum absolute atomic E-state index is 0.482. The van der Waals surface area contributed by atoms with Crippen LogP contribution in [0.5, 0.6) is 0 Å². The van der Waals surface area contributed by atoms with Gasteiger partial charge in [-0.3, -0.25) is 0 Å². The molecule has 0 bridgehead atoms. The number of hydrogen-bond donors (Lipinski definition) is 1. The standard InChI is InChI=1S/C5H3F6NO2/c6-3(7,1-12-2-13)4(8,9)5(10,11)14/h14H,1H2. The van der Waals surface area contributed by atoms with Crippen molar-refractivity contribution in [3.8, 4) is 0 Å². The van der Waals surface area contributed by atoms with Crippen LogP contribution in [0.3, 0.4) is 0 Å². The second-order valence-electron chi connectivity index (χ2n) is 2.23. The highest BCUT2D eigenvalue weighted by Crippen LogP contribution is 2.44. The van der Waals surface area contributed by atoms with Crippen molar-refractivity contribution < 1.29 is 36.2 Å². The van der Waals surface area contributed by atoms with E-state index in [1.165, 1.54) is 0 Å². The van der Waals surface area contributed by atoms with E-state index in [1.807, 2.05) is 4.99 Å². The summed E-state index contributed by atoms with van der Waals surface area (Å²) >= 11 is 0. The summed E-state index contributed by atoms with van der Waals surface area (Å²) in [6, 6.07) is 0. The molecule has 0 aliphatic heterocycles. The van der Waals surface area contributed by atoms with Gasteiger partial charge in [0, 0.05) is 0 Å². The van der Waals surface area contributed by atoms with Crippen molar-refractivity contribution in [3.05, 3.63) is 0 Å². The monoisotopic (exact) mass is 223 g/mol. The summed E-state index contributed by atoms with van der Waals surface area (Å²) in [4.78, 5) is 11.4. The highest BCUT2D eigenvalue weighted by atomic mass is 19.3. The van der Waals surface area contributed by atoms with Crippen LogP contribution in [0, 0.1) is 0 Å². The molecule has 1 N–H and O–H groups in total. The van der Waals surface area contributed by atoms with E-state index >= 15 is 0 Å². The van der Waals surface area contributed by atoms with E-state index in [-0.39, 0.29) is 0 Å². The molecule has 0 aromatic heterocycles. The van der Waals surface area contributed by atoms with Gasteiger partial charge < -0.3 is 5.11 Å². The molecule has 3 nitrogen and oxygen atoms in total. The van der Waals surface area contributed by atoms with Gasteiger partial charge in [0.25, 0.3) is 0 Å². The Morgan fingerprint density at radius 1 is 1.14 bits per heavy atom. The topological polar surface area (TPSA) is 49.7 Å². The van der Waals surface area contributed by atoms with Crippen molar-refractivity contribution in [1.29, 1.82) is 0 Å². The predicted molar refractivity (Wildman–Crippen MR) is 30.0 cm³/mol. The molecule has 0 aromatic carbocycles. The summed E-state index contributed by atoms with van der Waals surface area (Å²) in [6.07, 6.45) is -5.41. The zero-order chi connectivity index (χ0) is 11.6. The Hall–Kier alpha value is -1.08. The molecule has 0 unspecified atom stereocenters. The van der Waals surface area contributed by atoms with E-state index in [2.05, 4.69) is 0 Å². The van der Waals surface area contributed by atoms with Gasteiger partial charge in [0.05, 0.1) is 0 Å². The third kappa shape index (κ3) is 2.24. The van der Waals surface area contributed by atoms with Gasteiger partial charge in [-0.05, 0) is 0 Å². The Labute approximate surface area is 73.0 Å². The number of nitrogens with zero attached hydrogens (tertiary/aromatic N) is 1. The van der Waals surface area contributed by atoms with Crippen molar-refractivity contribution in [2.24, 2.45) is 4.99 Å². The maximum Gasteiger partial charge on any atom is 0.423 e. The Balaban J connectivity index is 4.96. The van der Waals surface area contributed by atoms with Crippen LogP contribution in [-0.2, 0) is 4.79 Å². The van der Waals surface area contributed by atoms with Gasteiger partial charge in [-0.1, -0.05) is 0 Å². The van der Waals surface area contributed by atoms with Gasteiger partial charge in [0.1, 0.15) is 6.54 Å². The number of aliphatic imine (C=N–C) groups is 1.